The molecule has 7 heteroatoms. The number of aromatic nitrogens is 1. The Hall–Kier alpha value is -1.63. The smallest absolute Gasteiger partial charge is 0.314 e. The Morgan fingerprint density at radius 1 is 1.53 bits per heavy atom. The molecule has 104 valence electrons. The first-order valence-electron chi connectivity index (χ1n) is 6.18. The maximum Gasteiger partial charge on any atom is 0.314 e. The molecule has 2 rings (SSSR count). The predicted molar refractivity (Wildman–Crippen MR) is 71.2 cm³/mol. The lowest BCUT2D eigenvalue weighted by Gasteiger charge is -2.13. The molecule has 19 heavy (non-hydrogen) atoms. The minimum absolute atomic E-state index is 0.153. The molecule has 1 fully saturated rings. The number of carboxylic acid groups (broad SMARTS) is 1. The minimum atomic E-state index is -0.830. The van der Waals surface area contributed by atoms with Crippen molar-refractivity contribution >= 4 is 23.3 Å². The summed E-state index contributed by atoms with van der Waals surface area (Å²) in [6.45, 7) is 2.66. The van der Waals surface area contributed by atoms with Gasteiger partial charge in [0.15, 0.2) is 0 Å². The molecule has 1 unspecified atom stereocenters. The highest BCUT2D eigenvalue weighted by Gasteiger charge is 2.50. The average molecular weight is 283 g/mol. The zero-order chi connectivity index (χ0) is 13.9. The second-order valence-corrected chi connectivity index (χ2v) is 5.85. The van der Waals surface area contributed by atoms with Gasteiger partial charge in [0.1, 0.15) is 0 Å². The summed E-state index contributed by atoms with van der Waals surface area (Å²) in [5.74, 6) is -0.677. The third-order valence-corrected chi connectivity index (χ3v) is 4.34. The molecule has 0 spiro atoms. The molecule has 6 nitrogen and oxygen atoms in total. The molecule has 1 heterocycles. The first-order valence-corrected chi connectivity index (χ1v) is 7.06. The van der Waals surface area contributed by atoms with Crippen LogP contribution in [0.5, 0.6) is 0 Å². The quantitative estimate of drug-likeness (QED) is 0.736. The molecule has 1 aliphatic carbocycles. The van der Waals surface area contributed by atoms with Crippen molar-refractivity contribution < 1.29 is 14.7 Å². The van der Waals surface area contributed by atoms with Crippen molar-refractivity contribution in [3.63, 3.8) is 0 Å². The van der Waals surface area contributed by atoms with Crippen molar-refractivity contribution in [2.75, 3.05) is 13.1 Å². The van der Waals surface area contributed by atoms with Gasteiger partial charge in [-0.05, 0) is 12.8 Å². The van der Waals surface area contributed by atoms with E-state index in [0.29, 0.717) is 19.4 Å². The molecular weight excluding hydrogens is 266 g/mol. The van der Waals surface area contributed by atoms with E-state index in [1.54, 1.807) is 17.5 Å². The number of hydrogen-bond donors (Lipinski definition) is 3. The lowest BCUT2D eigenvalue weighted by atomic mass is 10.1. The van der Waals surface area contributed by atoms with Gasteiger partial charge in [0.05, 0.1) is 10.4 Å². The average Bonchev–Trinajstić information content (AvgIpc) is 2.99. The van der Waals surface area contributed by atoms with E-state index in [4.69, 9.17) is 5.11 Å². The summed E-state index contributed by atoms with van der Waals surface area (Å²) in [4.78, 5) is 26.7. The number of thiazole rings is 1. The van der Waals surface area contributed by atoms with E-state index in [1.165, 1.54) is 0 Å². The van der Waals surface area contributed by atoms with Crippen molar-refractivity contribution in [3.05, 3.63) is 16.6 Å². The van der Waals surface area contributed by atoms with Gasteiger partial charge in [0, 0.05) is 30.6 Å². The van der Waals surface area contributed by atoms with Gasteiger partial charge in [0.2, 0.25) is 0 Å². The topological polar surface area (TPSA) is 91.3 Å². The standard InChI is InChI=1S/C12H17N3O3S/c1-8(9-13-4-5-19-9)6-14-11(18)15-7-12(2-3-12)10(16)17/h4-5,8H,2-3,6-7H2,1H3,(H,16,17)(H2,14,15,18). The Bertz CT molecular complexity index is 457. The van der Waals surface area contributed by atoms with Crippen LogP contribution in [0.3, 0.4) is 0 Å². The van der Waals surface area contributed by atoms with Crippen molar-refractivity contribution in [1.82, 2.24) is 15.6 Å². The van der Waals surface area contributed by atoms with Gasteiger partial charge in [-0.15, -0.1) is 11.3 Å². The number of carbonyl (C=O) groups excluding carboxylic acids is 1. The molecule has 0 saturated heterocycles. The number of nitrogens with zero attached hydrogens (tertiary/aromatic N) is 1. The number of rotatable bonds is 6. The summed E-state index contributed by atoms with van der Waals surface area (Å²) in [7, 11) is 0. The molecule has 0 bridgehead atoms. The van der Waals surface area contributed by atoms with Crippen LogP contribution >= 0.6 is 11.3 Å². The molecule has 1 aromatic rings. The number of aliphatic carboxylic acids is 1. The second-order valence-electron chi connectivity index (χ2n) is 4.92. The minimum Gasteiger partial charge on any atom is -0.481 e. The van der Waals surface area contributed by atoms with Crippen molar-refractivity contribution in [2.24, 2.45) is 5.41 Å². The summed E-state index contributed by atoms with van der Waals surface area (Å²) < 4.78 is 0. The Balaban J connectivity index is 1.69. The van der Waals surface area contributed by atoms with Crippen LogP contribution in [0, 0.1) is 5.41 Å². The Morgan fingerprint density at radius 2 is 2.26 bits per heavy atom. The maximum absolute atomic E-state index is 11.6. The van der Waals surface area contributed by atoms with Gasteiger partial charge in [0.25, 0.3) is 0 Å². The molecule has 2 amide bonds. The first-order chi connectivity index (χ1) is 9.03. The highest BCUT2D eigenvalue weighted by atomic mass is 32.1. The maximum atomic E-state index is 11.6. The molecule has 1 atom stereocenters. The Kier molecular flexibility index (Phi) is 4.04. The van der Waals surface area contributed by atoms with Crippen LogP contribution in [0.25, 0.3) is 0 Å². The third kappa shape index (κ3) is 3.44. The molecule has 1 aromatic heterocycles. The summed E-state index contributed by atoms with van der Waals surface area (Å²) in [5.41, 5.74) is -0.724. The number of hydrogen-bond acceptors (Lipinski definition) is 4. The Morgan fingerprint density at radius 3 is 2.79 bits per heavy atom. The largest absolute Gasteiger partial charge is 0.481 e. The van der Waals surface area contributed by atoms with Crippen LogP contribution < -0.4 is 10.6 Å². The van der Waals surface area contributed by atoms with Crippen LogP contribution in [0.4, 0.5) is 4.79 Å². The first kappa shape index (κ1) is 13.8. The van der Waals surface area contributed by atoms with Crippen LogP contribution in [0.15, 0.2) is 11.6 Å². The number of amides is 2. The van der Waals surface area contributed by atoms with Crippen LogP contribution in [0.1, 0.15) is 30.7 Å². The zero-order valence-electron chi connectivity index (χ0n) is 10.7. The molecular formula is C12H17N3O3S. The fourth-order valence-electron chi connectivity index (χ4n) is 1.74. The van der Waals surface area contributed by atoms with Gasteiger partial charge in [-0.25, -0.2) is 9.78 Å². The van der Waals surface area contributed by atoms with Crippen LogP contribution in [-0.4, -0.2) is 35.2 Å². The molecule has 0 aromatic carbocycles. The van der Waals surface area contributed by atoms with E-state index in [0.717, 1.165) is 5.01 Å². The van der Waals surface area contributed by atoms with E-state index >= 15 is 0 Å². The van der Waals surface area contributed by atoms with E-state index < -0.39 is 11.4 Å². The molecule has 0 radical (unpaired) electrons. The van der Waals surface area contributed by atoms with Crippen LogP contribution in [0.2, 0.25) is 0 Å². The van der Waals surface area contributed by atoms with E-state index in [9.17, 15) is 9.59 Å². The van der Waals surface area contributed by atoms with Crippen molar-refractivity contribution in [1.29, 1.82) is 0 Å². The monoisotopic (exact) mass is 283 g/mol. The van der Waals surface area contributed by atoms with Crippen molar-refractivity contribution in [2.45, 2.75) is 25.7 Å². The summed E-state index contributed by atoms with van der Waals surface area (Å²) in [5, 5.41) is 17.2. The zero-order valence-corrected chi connectivity index (χ0v) is 11.5. The van der Waals surface area contributed by atoms with Crippen LogP contribution in [-0.2, 0) is 4.79 Å². The van der Waals surface area contributed by atoms with Gasteiger partial charge in [-0.2, -0.15) is 0 Å². The fraction of sp³-hybridized carbons (Fsp3) is 0.583. The molecule has 0 aliphatic heterocycles. The normalized spacial score (nSPS) is 17.5. The van der Waals surface area contributed by atoms with Crippen molar-refractivity contribution in [3.8, 4) is 0 Å². The summed E-state index contributed by atoms with van der Waals surface area (Å²) in [6.07, 6.45) is 3.01. The number of carboxylic acids is 1. The lowest BCUT2D eigenvalue weighted by Crippen LogP contribution is -2.41. The molecule has 3 N–H and O–H groups in total. The van der Waals surface area contributed by atoms with E-state index in [-0.39, 0.29) is 18.5 Å². The van der Waals surface area contributed by atoms with Gasteiger partial charge >= 0.3 is 12.0 Å². The number of nitrogens with one attached hydrogen (secondary N) is 2. The number of carbonyl (C=O) groups is 2. The van der Waals surface area contributed by atoms with Gasteiger partial charge in [-0.1, -0.05) is 6.92 Å². The Labute approximate surface area is 115 Å². The van der Waals surface area contributed by atoms with Gasteiger partial charge in [-0.3, -0.25) is 4.79 Å². The third-order valence-electron chi connectivity index (χ3n) is 3.34. The van der Waals surface area contributed by atoms with E-state index in [1.807, 2.05) is 12.3 Å². The summed E-state index contributed by atoms with van der Waals surface area (Å²) >= 11 is 1.55. The molecule has 1 aliphatic rings. The van der Waals surface area contributed by atoms with Gasteiger partial charge < -0.3 is 15.7 Å². The molecule has 1 saturated carbocycles. The SMILES string of the molecule is CC(CNC(=O)NCC1(C(=O)O)CC1)c1nccs1. The number of urea groups is 1. The highest BCUT2D eigenvalue weighted by Crippen LogP contribution is 2.45. The van der Waals surface area contributed by atoms with E-state index in [2.05, 4.69) is 15.6 Å². The fourth-order valence-corrected chi connectivity index (χ4v) is 2.44. The highest BCUT2D eigenvalue weighted by molar-refractivity contribution is 7.09. The summed E-state index contributed by atoms with van der Waals surface area (Å²) in [6, 6.07) is -0.323. The second kappa shape index (κ2) is 5.56. The lowest BCUT2D eigenvalue weighted by molar-refractivity contribution is -0.143. The predicted octanol–water partition coefficient (Wildman–Crippen LogP) is 1.41.